The van der Waals surface area contributed by atoms with Gasteiger partial charge in [0.2, 0.25) is 0 Å². The third-order valence-electron chi connectivity index (χ3n) is 4.36. The molecule has 0 unspecified atom stereocenters. The van der Waals surface area contributed by atoms with Crippen LogP contribution in [0.2, 0.25) is 0 Å². The van der Waals surface area contributed by atoms with Crippen LogP contribution in [0.1, 0.15) is 33.5 Å². The van der Waals surface area contributed by atoms with Crippen molar-refractivity contribution in [3.8, 4) is 11.3 Å². The van der Waals surface area contributed by atoms with E-state index in [4.69, 9.17) is 13.8 Å². The minimum atomic E-state index is -0.330. The van der Waals surface area contributed by atoms with Crippen LogP contribution in [0.5, 0.6) is 0 Å². The predicted molar refractivity (Wildman–Crippen MR) is 82.4 cm³/mol. The van der Waals surface area contributed by atoms with Gasteiger partial charge in [-0.05, 0) is 40.1 Å². The van der Waals surface area contributed by atoms with Crippen LogP contribution in [0.25, 0.3) is 11.3 Å². The molecular formula is C16H20BNO3. The van der Waals surface area contributed by atoms with Gasteiger partial charge in [-0.15, -0.1) is 0 Å². The summed E-state index contributed by atoms with van der Waals surface area (Å²) in [7, 11) is -0.330. The number of hydrogen-bond acceptors (Lipinski definition) is 4. The molecule has 0 aliphatic carbocycles. The molecule has 0 bridgehead atoms. The Labute approximate surface area is 125 Å². The molecule has 0 atom stereocenters. The second-order valence-corrected chi connectivity index (χ2v) is 6.53. The first-order valence-electron chi connectivity index (χ1n) is 7.18. The van der Waals surface area contributed by atoms with E-state index in [1.165, 1.54) is 0 Å². The number of aromatic nitrogens is 1. The van der Waals surface area contributed by atoms with Crippen LogP contribution in [0, 0.1) is 6.92 Å². The zero-order valence-corrected chi connectivity index (χ0v) is 13.1. The second kappa shape index (κ2) is 4.72. The Hall–Kier alpha value is -1.59. The minimum Gasteiger partial charge on any atom is -0.399 e. The van der Waals surface area contributed by atoms with E-state index in [0.717, 1.165) is 22.5 Å². The molecule has 1 aromatic carbocycles. The first-order valence-corrected chi connectivity index (χ1v) is 7.18. The molecule has 1 aliphatic rings. The highest BCUT2D eigenvalue weighted by Crippen LogP contribution is 2.36. The summed E-state index contributed by atoms with van der Waals surface area (Å²) in [4.78, 5) is 0. The van der Waals surface area contributed by atoms with Crippen LogP contribution in [-0.2, 0) is 9.31 Å². The fraction of sp³-hybridized carbons (Fsp3) is 0.438. The minimum absolute atomic E-state index is 0.320. The lowest BCUT2D eigenvalue weighted by atomic mass is 9.79. The van der Waals surface area contributed by atoms with Gasteiger partial charge in [0.15, 0.2) is 0 Å². The van der Waals surface area contributed by atoms with Gasteiger partial charge in [-0.1, -0.05) is 29.4 Å². The summed E-state index contributed by atoms with van der Waals surface area (Å²) in [6.45, 7) is 10.1. The Morgan fingerprint density at radius 2 is 1.52 bits per heavy atom. The van der Waals surface area contributed by atoms with E-state index in [2.05, 4.69) is 32.9 Å². The molecule has 1 aliphatic heterocycles. The van der Waals surface area contributed by atoms with Crippen molar-refractivity contribution in [1.29, 1.82) is 0 Å². The van der Waals surface area contributed by atoms with Crippen molar-refractivity contribution in [2.24, 2.45) is 0 Å². The van der Waals surface area contributed by atoms with Crippen molar-refractivity contribution < 1.29 is 13.8 Å². The van der Waals surface area contributed by atoms with Crippen LogP contribution in [-0.4, -0.2) is 23.5 Å². The molecule has 0 amide bonds. The Morgan fingerprint density at radius 1 is 0.952 bits per heavy atom. The van der Waals surface area contributed by atoms with Crippen LogP contribution < -0.4 is 5.46 Å². The third kappa shape index (κ3) is 2.52. The zero-order chi connectivity index (χ0) is 15.3. The molecule has 21 heavy (non-hydrogen) atoms. The number of nitrogens with zero attached hydrogens (tertiary/aromatic N) is 1. The standard InChI is InChI=1S/C16H20BNO3/c1-11-10-14(18-19-11)12-6-8-13(9-7-12)17-20-15(2,3)16(4,5)21-17/h6-10H,1-5H3. The van der Waals surface area contributed by atoms with Crippen molar-refractivity contribution in [2.45, 2.75) is 45.8 Å². The first-order chi connectivity index (χ1) is 9.78. The zero-order valence-electron chi connectivity index (χ0n) is 13.1. The van der Waals surface area contributed by atoms with Crippen molar-refractivity contribution in [1.82, 2.24) is 5.16 Å². The molecule has 1 saturated heterocycles. The first kappa shape index (κ1) is 14.4. The Kier molecular flexibility index (Phi) is 3.22. The number of benzene rings is 1. The summed E-state index contributed by atoms with van der Waals surface area (Å²) >= 11 is 0. The maximum Gasteiger partial charge on any atom is 0.494 e. The number of hydrogen-bond donors (Lipinski definition) is 0. The van der Waals surface area contributed by atoms with E-state index in [9.17, 15) is 0 Å². The van der Waals surface area contributed by atoms with Gasteiger partial charge in [0.25, 0.3) is 0 Å². The highest BCUT2D eigenvalue weighted by Gasteiger charge is 2.51. The average Bonchev–Trinajstić information content (AvgIpc) is 2.92. The highest BCUT2D eigenvalue weighted by molar-refractivity contribution is 6.62. The molecule has 110 valence electrons. The molecule has 1 fully saturated rings. The topological polar surface area (TPSA) is 44.5 Å². The lowest BCUT2D eigenvalue weighted by Crippen LogP contribution is -2.41. The van der Waals surface area contributed by atoms with E-state index in [1.54, 1.807) is 0 Å². The summed E-state index contributed by atoms with van der Waals surface area (Å²) in [5.74, 6) is 0.806. The Bertz CT molecular complexity index is 630. The van der Waals surface area contributed by atoms with Gasteiger partial charge in [-0.3, -0.25) is 0 Å². The van der Waals surface area contributed by atoms with Crippen molar-refractivity contribution in [3.63, 3.8) is 0 Å². The van der Waals surface area contributed by atoms with Gasteiger partial charge < -0.3 is 13.8 Å². The maximum absolute atomic E-state index is 6.04. The van der Waals surface area contributed by atoms with Gasteiger partial charge in [-0.25, -0.2) is 0 Å². The molecule has 4 nitrogen and oxygen atoms in total. The quantitative estimate of drug-likeness (QED) is 0.796. The summed E-state index contributed by atoms with van der Waals surface area (Å²) in [5, 5.41) is 4.02. The Balaban J connectivity index is 1.83. The Morgan fingerprint density at radius 3 is 2.00 bits per heavy atom. The molecule has 1 aromatic heterocycles. The van der Waals surface area contributed by atoms with Crippen LogP contribution in [0.15, 0.2) is 34.9 Å². The SMILES string of the molecule is Cc1cc(-c2ccc(B3OC(C)(C)C(C)(C)O3)cc2)no1. The van der Waals surface area contributed by atoms with E-state index in [-0.39, 0.29) is 18.3 Å². The second-order valence-electron chi connectivity index (χ2n) is 6.53. The van der Waals surface area contributed by atoms with Crippen molar-refractivity contribution >= 4 is 12.6 Å². The van der Waals surface area contributed by atoms with Crippen LogP contribution in [0.3, 0.4) is 0 Å². The highest BCUT2D eigenvalue weighted by atomic mass is 16.7. The van der Waals surface area contributed by atoms with E-state index in [1.807, 2.05) is 37.3 Å². The summed E-state index contributed by atoms with van der Waals surface area (Å²) in [6.07, 6.45) is 0. The molecule has 0 saturated carbocycles. The van der Waals surface area contributed by atoms with Crippen LogP contribution in [0.4, 0.5) is 0 Å². The maximum atomic E-state index is 6.04. The van der Waals surface area contributed by atoms with E-state index >= 15 is 0 Å². The normalized spacial score (nSPS) is 20.0. The average molecular weight is 285 g/mol. The number of rotatable bonds is 2. The van der Waals surface area contributed by atoms with Crippen LogP contribution >= 0.6 is 0 Å². The lowest BCUT2D eigenvalue weighted by Gasteiger charge is -2.32. The van der Waals surface area contributed by atoms with Gasteiger partial charge in [0, 0.05) is 11.6 Å². The summed E-state index contributed by atoms with van der Waals surface area (Å²) in [5.41, 5.74) is 2.23. The van der Waals surface area contributed by atoms with E-state index < -0.39 is 0 Å². The smallest absolute Gasteiger partial charge is 0.399 e. The molecular weight excluding hydrogens is 265 g/mol. The monoisotopic (exact) mass is 285 g/mol. The fourth-order valence-corrected chi connectivity index (χ4v) is 2.29. The molecule has 0 N–H and O–H groups in total. The molecule has 2 aromatic rings. The van der Waals surface area contributed by atoms with Crippen molar-refractivity contribution in [2.75, 3.05) is 0 Å². The largest absolute Gasteiger partial charge is 0.494 e. The van der Waals surface area contributed by atoms with Crippen molar-refractivity contribution in [3.05, 3.63) is 36.1 Å². The molecule has 0 spiro atoms. The van der Waals surface area contributed by atoms with Gasteiger partial charge in [0.05, 0.1) is 11.2 Å². The summed E-state index contributed by atoms with van der Waals surface area (Å²) in [6, 6.07) is 9.97. The lowest BCUT2D eigenvalue weighted by molar-refractivity contribution is 0.00578. The van der Waals surface area contributed by atoms with Gasteiger partial charge in [0.1, 0.15) is 11.5 Å². The third-order valence-corrected chi connectivity index (χ3v) is 4.36. The molecule has 0 radical (unpaired) electrons. The number of aryl methyl sites for hydroxylation is 1. The fourth-order valence-electron chi connectivity index (χ4n) is 2.29. The van der Waals surface area contributed by atoms with Gasteiger partial charge in [-0.2, -0.15) is 0 Å². The molecule has 5 heteroatoms. The predicted octanol–water partition coefficient (Wildman–Crippen LogP) is 2.95. The molecule has 3 rings (SSSR count). The molecule has 2 heterocycles. The summed E-state index contributed by atoms with van der Waals surface area (Å²) < 4.78 is 17.2. The van der Waals surface area contributed by atoms with E-state index in [0.29, 0.717) is 0 Å². The van der Waals surface area contributed by atoms with Gasteiger partial charge >= 0.3 is 7.12 Å².